The van der Waals surface area contributed by atoms with Crippen LogP contribution in [0.25, 0.3) is 0 Å². The van der Waals surface area contributed by atoms with E-state index < -0.39 is 0 Å². The van der Waals surface area contributed by atoms with E-state index in [9.17, 15) is 4.79 Å². The van der Waals surface area contributed by atoms with E-state index in [4.69, 9.17) is 4.74 Å². The van der Waals surface area contributed by atoms with Crippen molar-refractivity contribution in [1.29, 1.82) is 0 Å². The van der Waals surface area contributed by atoms with E-state index in [1.807, 2.05) is 18.2 Å². The summed E-state index contributed by atoms with van der Waals surface area (Å²) in [7, 11) is 1.69. The van der Waals surface area contributed by atoms with Crippen LogP contribution in [0.1, 0.15) is 43.7 Å². The van der Waals surface area contributed by atoms with Crippen LogP contribution in [-0.2, 0) is 4.79 Å². The summed E-state index contributed by atoms with van der Waals surface area (Å²) in [5.74, 6) is 1.67. The summed E-state index contributed by atoms with van der Waals surface area (Å²) in [6.45, 7) is 4.36. The summed E-state index contributed by atoms with van der Waals surface area (Å²) < 4.78 is 5.32. The third-order valence-electron chi connectivity index (χ3n) is 6.43. The van der Waals surface area contributed by atoms with Crippen LogP contribution >= 0.6 is 0 Å². The zero-order valence-electron chi connectivity index (χ0n) is 18.4. The fourth-order valence-corrected chi connectivity index (χ4v) is 4.68. The van der Waals surface area contributed by atoms with Crippen molar-refractivity contribution in [2.75, 3.05) is 44.7 Å². The number of amides is 1. The van der Waals surface area contributed by atoms with Crippen LogP contribution in [0.2, 0.25) is 0 Å². The molecular weight excluding hydrogens is 390 g/mol. The molecule has 1 aromatic carbocycles. The summed E-state index contributed by atoms with van der Waals surface area (Å²) in [6, 6.07) is 10.3. The van der Waals surface area contributed by atoms with Gasteiger partial charge in [-0.15, -0.1) is 0 Å². The zero-order chi connectivity index (χ0) is 21.5. The summed E-state index contributed by atoms with van der Waals surface area (Å²) >= 11 is 0. The molecule has 2 saturated heterocycles. The van der Waals surface area contributed by atoms with E-state index >= 15 is 0 Å². The first kappa shape index (κ1) is 21.6. The number of anilines is 1. The van der Waals surface area contributed by atoms with Gasteiger partial charge in [0.1, 0.15) is 5.75 Å². The molecule has 2 unspecified atom stereocenters. The molecule has 4 rings (SSSR count). The van der Waals surface area contributed by atoms with Crippen molar-refractivity contribution >= 4 is 11.9 Å². The molecule has 2 fully saturated rings. The molecule has 166 valence electrons. The quantitative estimate of drug-likeness (QED) is 0.738. The van der Waals surface area contributed by atoms with E-state index in [-0.39, 0.29) is 17.9 Å². The van der Waals surface area contributed by atoms with Gasteiger partial charge in [0.2, 0.25) is 11.9 Å². The average molecular weight is 424 g/mol. The molecule has 31 heavy (non-hydrogen) atoms. The van der Waals surface area contributed by atoms with Gasteiger partial charge in [-0.2, -0.15) is 0 Å². The molecule has 2 atom stereocenters. The van der Waals surface area contributed by atoms with E-state index in [2.05, 4.69) is 37.2 Å². The molecule has 7 nitrogen and oxygen atoms in total. The van der Waals surface area contributed by atoms with Gasteiger partial charge < -0.3 is 15.0 Å². The number of nitrogens with one attached hydrogen (secondary N) is 1. The Kier molecular flexibility index (Phi) is 7.35. The topological polar surface area (TPSA) is 70.6 Å². The van der Waals surface area contributed by atoms with Crippen LogP contribution in [-0.4, -0.2) is 60.6 Å². The van der Waals surface area contributed by atoms with Gasteiger partial charge in [-0.05, 0) is 62.5 Å². The summed E-state index contributed by atoms with van der Waals surface area (Å²) in [5, 5.41) is 3.27. The number of hydrogen-bond donors (Lipinski definition) is 1. The number of carbonyl (C=O) groups is 1. The van der Waals surface area contributed by atoms with Crippen molar-refractivity contribution < 1.29 is 9.53 Å². The Morgan fingerprint density at radius 1 is 1.10 bits per heavy atom. The van der Waals surface area contributed by atoms with Gasteiger partial charge in [0.25, 0.3) is 0 Å². The van der Waals surface area contributed by atoms with E-state index in [1.165, 1.54) is 24.8 Å². The fraction of sp³-hybridized carbons (Fsp3) is 0.542. The Balaban J connectivity index is 1.40. The van der Waals surface area contributed by atoms with Crippen LogP contribution in [0.5, 0.6) is 5.75 Å². The van der Waals surface area contributed by atoms with Crippen molar-refractivity contribution in [3.63, 3.8) is 0 Å². The first-order chi connectivity index (χ1) is 15.2. The molecule has 2 aliphatic rings. The first-order valence-corrected chi connectivity index (χ1v) is 11.4. The molecule has 0 spiro atoms. The number of nitrogens with zero attached hydrogens (tertiary/aromatic N) is 4. The second-order valence-corrected chi connectivity index (χ2v) is 8.46. The van der Waals surface area contributed by atoms with Gasteiger partial charge in [0, 0.05) is 32.0 Å². The van der Waals surface area contributed by atoms with Crippen molar-refractivity contribution in [2.24, 2.45) is 5.92 Å². The molecule has 1 amide bonds. The number of hydrogen-bond acceptors (Lipinski definition) is 6. The number of likely N-dealkylation sites (tertiary alicyclic amines) is 1. The predicted molar refractivity (Wildman–Crippen MR) is 121 cm³/mol. The molecule has 0 aliphatic carbocycles. The highest BCUT2D eigenvalue weighted by Crippen LogP contribution is 2.26. The Labute approximate surface area is 184 Å². The van der Waals surface area contributed by atoms with Crippen LogP contribution in [0.4, 0.5) is 5.95 Å². The van der Waals surface area contributed by atoms with Crippen LogP contribution in [0.15, 0.2) is 42.7 Å². The Morgan fingerprint density at radius 3 is 2.55 bits per heavy atom. The van der Waals surface area contributed by atoms with Crippen LogP contribution in [0, 0.1) is 5.92 Å². The molecule has 1 aromatic heterocycles. The molecular formula is C24H33N5O2. The lowest BCUT2D eigenvalue weighted by atomic mass is 9.96. The summed E-state index contributed by atoms with van der Waals surface area (Å²) in [5.41, 5.74) is 1.23. The minimum atomic E-state index is -0.0320. The van der Waals surface area contributed by atoms with Gasteiger partial charge in [0.05, 0.1) is 19.1 Å². The number of aromatic nitrogens is 2. The summed E-state index contributed by atoms with van der Waals surface area (Å²) in [4.78, 5) is 26.4. The smallest absolute Gasteiger partial charge is 0.225 e. The Morgan fingerprint density at radius 2 is 1.84 bits per heavy atom. The standard InChI is InChI=1S/C24H33N5O2/c1-31-21-10-8-19(9-11-21)22(28-14-3-2-4-15-28)17-27-23(30)20-7-5-16-29(18-20)24-25-12-6-13-26-24/h6,8-13,20,22H,2-5,7,14-18H2,1H3,(H,27,30). The number of methoxy groups -OCH3 is 1. The van der Waals surface area contributed by atoms with Gasteiger partial charge in [0.15, 0.2) is 0 Å². The lowest BCUT2D eigenvalue weighted by Crippen LogP contribution is -2.46. The molecule has 2 aliphatic heterocycles. The number of rotatable bonds is 7. The van der Waals surface area contributed by atoms with Gasteiger partial charge >= 0.3 is 0 Å². The lowest BCUT2D eigenvalue weighted by molar-refractivity contribution is -0.125. The maximum absolute atomic E-state index is 13.1. The van der Waals surface area contributed by atoms with E-state index in [1.54, 1.807) is 19.5 Å². The van der Waals surface area contributed by atoms with Crippen LogP contribution < -0.4 is 15.0 Å². The maximum atomic E-state index is 13.1. The second kappa shape index (κ2) is 10.6. The predicted octanol–water partition coefficient (Wildman–Crippen LogP) is 3.05. The van der Waals surface area contributed by atoms with Crippen molar-refractivity contribution in [2.45, 2.75) is 38.1 Å². The van der Waals surface area contributed by atoms with Crippen molar-refractivity contribution in [3.05, 3.63) is 48.3 Å². The molecule has 0 radical (unpaired) electrons. The third-order valence-corrected chi connectivity index (χ3v) is 6.43. The largest absolute Gasteiger partial charge is 0.497 e. The highest BCUT2D eigenvalue weighted by atomic mass is 16.5. The summed E-state index contributed by atoms with van der Waals surface area (Å²) in [6.07, 6.45) is 9.12. The van der Waals surface area contributed by atoms with Gasteiger partial charge in [-0.3, -0.25) is 9.69 Å². The molecule has 1 N–H and O–H groups in total. The average Bonchev–Trinajstić information content (AvgIpc) is 2.85. The molecule has 3 heterocycles. The number of benzene rings is 1. The Hall–Kier alpha value is -2.67. The highest BCUT2D eigenvalue weighted by molar-refractivity contribution is 5.79. The first-order valence-electron chi connectivity index (χ1n) is 11.4. The lowest BCUT2D eigenvalue weighted by Gasteiger charge is -2.36. The Bertz CT molecular complexity index is 824. The fourth-order valence-electron chi connectivity index (χ4n) is 4.68. The van der Waals surface area contributed by atoms with Gasteiger partial charge in [-0.1, -0.05) is 18.6 Å². The number of carbonyl (C=O) groups excluding carboxylic acids is 1. The third kappa shape index (κ3) is 5.53. The SMILES string of the molecule is COc1ccc(C(CNC(=O)C2CCCN(c3ncccn3)C2)N2CCCCC2)cc1. The second-order valence-electron chi connectivity index (χ2n) is 8.46. The van der Waals surface area contributed by atoms with Gasteiger partial charge in [-0.25, -0.2) is 9.97 Å². The molecule has 0 bridgehead atoms. The van der Waals surface area contributed by atoms with E-state index in [0.29, 0.717) is 19.0 Å². The normalized spacial score (nSPS) is 20.8. The maximum Gasteiger partial charge on any atom is 0.225 e. The molecule has 0 saturated carbocycles. The molecule has 7 heteroatoms. The number of piperidine rings is 2. The number of ether oxygens (including phenoxy) is 1. The van der Waals surface area contributed by atoms with E-state index in [0.717, 1.165) is 38.2 Å². The van der Waals surface area contributed by atoms with Crippen molar-refractivity contribution in [3.8, 4) is 5.75 Å². The van der Waals surface area contributed by atoms with Crippen molar-refractivity contribution in [1.82, 2.24) is 20.2 Å². The zero-order valence-corrected chi connectivity index (χ0v) is 18.4. The molecule has 2 aromatic rings. The monoisotopic (exact) mass is 423 g/mol. The van der Waals surface area contributed by atoms with Crippen LogP contribution in [0.3, 0.4) is 0 Å². The minimum absolute atomic E-state index is 0.0320. The highest BCUT2D eigenvalue weighted by Gasteiger charge is 2.29. The minimum Gasteiger partial charge on any atom is -0.497 e.